The lowest BCUT2D eigenvalue weighted by atomic mass is 9.90. The zero-order chi connectivity index (χ0) is 17.5. The van der Waals surface area contributed by atoms with Gasteiger partial charge in [0.05, 0.1) is 19.8 Å². The summed E-state index contributed by atoms with van der Waals surface area (Å²) >= 11 is 0. The number of hydrogen-bond acceptors (Lipinski definition) is 4. The van der Waals surface area contributed by atoms with Crippen molar-refractivity contribution in [2.75, 3.05) is 39.5 Å². The second-order valence-corrected chi connectivity index (χ2v) is 6.41. The second-order valence-electron chi connectivity index (χ2n) is 6.41. The van der Waals surface area contributed by atoms with Gasteiger partial charge in [-0.3, -0.25) is 4.79 Å². The SMILES string of the molecule is CCOCC1=C(\N2CCOCC2)CCCC(=O)/C=C\1c1ccccc1. The third-order valence-electron chi connectivity index (χ3n) is 4.74. The van der Waals surface area contributed by atoms with Gasteiger partial charge in [0.1, 0.15) is 0 Å². The van der Waals surface area contributed by atoms with Crippen molar-refractivity contribution in [2.45, 2.75) is 26.2 Å². The molecule has 0 unspecified atom stereocenters. The van der Waals surface area contributed by atoms with Gasteiger partial charge in [-0.1, -0.05) is 30.3 Å². The van der Waals surface area contributed by atoms with E-state index < -0.39 is 0 Å². The van der Waals surface area contributed by atoms with Crippen LogP contribution in [0.15, 0.2) is 47.7 Å². The Kier molecular flexibility index (Phi) is 6.42. The van der Waals surface area contributed by atoms with Crippen molar-refractivity contribution in [1.29, 1.82) is 0 Å². The topological polar surface area (TPSA) is 38.8 Å². The molecular formula is C21H27NO3. The fourth-order valence-corrected chi connectivity index (χ4v) is 3.48. The molecule has 134 valence electrons. The first-order valence-electron chi connectivity index (χ1n) is 9.22. The maximum absolute atomic E-state index is 12.3. The van der Waals surface area contributed by atoms with E-state index in [2.05, 4.69) is 17.0 Å². The molecule has 1 heterocycles. The van der Waals surface area contributed by atoms with Crippen LogP contribution in [0.2, 0.25) is 0 Å². The summed E-state index contributed by atoms with van der Waals surface area (Å²) in [7, 11) is 0. The Hall–Kier alpha value is -1.91. The molecule has 1 aromatic rings. The highest BCUT2D eigenvalue weighted by Gasteiger charge is 2.23. The number of allylic oxidation sites excluding steroid dienone is 2. The van der Waals surface area contributed by atoms with E-state index in [-0.39, 0.29) is 5.78 Å². The van der Waals surface area contributed by atoms with Crippen molar-refractivity contribution in [3.8, 4) is 0 Å². The normalized spacial score (nSPS) is 24.4. The Morgan fingerprint density at radius 2 is 1.88 bits per heavy atom. The van der Waals surface area contributed by atoms with Gasteiger partial charge in [-0.25, -0.2) is 0 Å². The van der Waals surface area contributed by atoms with Crippen LogP contribution in [0.25, 0.3) is 5.57 Å². The standard InChI is InChI=1S/C21H27NO3/c1-2-24-16-20-19(17-7-4-3-5-8-17)15-18(23)9-6-10-21(20)22-11-13-25-14-12-22/h3-5,7-8,15H,2,6,9-14,16H2,1H3/b19-15-,21-20+. The van der Waals surface area contributed by atoms with Crippen LogP contribution in [0.3, 0.4) is 0 Å². The number of nitrogens with zero attached hydrogens (tertiary/aromatic N) is 1. The van der Waals surface area contributed by atoms with Gasteiger partial charge in [0.15, 0.2) is 5.78 Å². The summed E-state index contributed by atoms with van der Waals surface area (Å²) < 4.78 is 11.3. The molecule has 25 heavy (non-hydrogen) atoms. The molecule has 0 radical (unpaired) electrons. The van der Waals surface area contributed by atoms with Crippen molar-refractivity contribution >= 4 is 11.4 Å². The third kappa shape index (κ3) is 4.59. The molecule has 0 aromatic heterocycles. The van der Waals surface area contributed by atoms with E-state index in [1.165, 1.54) is 5.70 Å². The van der Waals surface area contributed by atoms with Gasteiger partial charge in [0.25, 0.3) is 0 Å². The Bertz CT molecular complexity index is 642. The highest BCUT2D eigenvalue weighted by atomic mass is 16.5. The average molecular weight is 341 g/mol. The maximum atomic E-state index is 12.3. The Balaban J connectivity index is 2.07. The summed E-state index contributed by atoms with van der Waals surface area (Å²) in [6.07, 6.45) is 4.23. The third-order valence-corrected chi connectivity index (χ3v) is 4.74. The van der Waals surface area contributed by atoms with E-state index in [1.54, 1.807) is 0 Å². The summed E-state index contributed by atoms with van der Waals surface area (Å²) in [6, 6.07) is 10.2. The van der Waals surface area contributed by atoms with E-state index in [4.69, 9.17) is 9.47 Å². The summed E-state index contributed by atoms with van der Waals surface area (Å²) in [6.45, 7) is 6.54. The molecule has 0 atom stereocenters. The predicted octanol–water partition coefficient (Wildman–Crippen LogP) is 3.45. The zero-order valence-corrected chi connectivity index (χ0v) is 15.0. The van der Waals surface area contributed by atoms with Crippen LogP contribution in [-0.4, -0.2) is 50.2 Å². The maximum Gasteiger partial charge on any atom is 0.156 e. The number of rotatable bonds is 5. The Morgan fingerprint density at radius 3 is 2.60 bits per heavy atom. The Labute approximate surface area is 150 Å². The van der Waals surface area contributed by atoms with Crippen LogP contribution in [0.5, 0.6) is 0 Å². The zero-order valence-electron chi connectivity index (χ0n) is 15.0. The minimum absolute atomic E-state index is 0.203. The molecule has 4 heteroatoms. The molecule has 0 amide bonds. The number of ether oxygens (including phenoxy) is 2. The number of carbonyl (C=O) groups is 1. The predicted molar refractivity (Wildman–Crippen MR) is 99.2 cm³/mol. The molecule has 1 fully saturated rings. The number of benzene rings is 1. The summed E-state index contributed by atoms with van der Waals surface area (Å²) in [5.74, 6) is 0.203. The van der Waals surface area contributed by atoms with Crippen LogP contribution in [-0.2, 0) is 14.3 Å². The van der Waals surface area contributed by atoms with E-state index in [0.717, 1.165) is 55.9 Å². The van der Waals surface area contributed by atoms with E-state index in [9.17, 15) is 4.79 Å². The molecule has 1 aliphatic carbocycles. The van der Waals surface area contributed by atoms with Gasteiger partial charge in [0, 0.05) is 37.4 Å². The molecule has 0 bridgehead atoms. The highest BCUT2D eigenvalue weighted by Crippen LogP contribution is 2.32. The van der Waals surface area contributed by atoms with Crippen molar-refractivity contribution in [3.05, 3.63) is 53.2 Å². The largest absolute Gasteiger partial charge is 0.378 e. The first-order valence-corrected chi connectivity index (χ1v) is 9.22. The van der Waals surface area contributed by atoms with Gasteiger partial charge >= 0.3 is 0 Å². The quantitative estimate of drug-likeness (QED) is 0.822. The fraction of sp³-hybridized carbons (Fsp3) is 0.476. The molecule has 0 spiro atoms. The summed E-state index contributed by atoms with van der Waals surface area (Å²) in [5.41, 5.74) is 4.57. The van der Waals surface area contributed by atoms with Gasteiger partial charge in [-0.15, -0.1) is 0 Å². The molecule has 1 aromatic carbocycles. The second kappa shape index (κ2) is 8.97. The summed E-state index contributed by atoms with van der Waals surface area (Å²) in [4.78, 5) is 14.8. The summed E-state index contributed by atoms with van der Waals surface area (Å²) in [5, 5.41) is 0. The van der Waals surface area contributed by atoms with E-state index in [0.29, 0.717) is 19.6 Å². The van der Waals surface area contributed by atoms with Crippen molar-refractivity contribution < 1.29 is 14.3 Å². The monoisotopic (exact) mass is 341 g/mol. The lowest BCUT2D eigenvalue weighted by Gasteiger charge is -2.34. The molecule has 2 aliphatic rings. The number of hydrogen-bond donors (Lipinski definition) is 0. The van der Waals surface area contributed by atoms with Crippen LogP contribution >= 0.6 is 0 Å². The van der Waals surface area contributed by atoms with Gasteiger partial charge in [-0.2, -0.15) is 0 Å². The molecule has 3 rings (SSSR count). The van der Waals surface area contributed by atoms with Crippen molar-refractivity contribution in [3.63, 3.8) is 0 Å². The smallest absolute Gasteiger partial charge is 0.156 e. The number of morpholine rings is 1. The van der Waals surface area contributed by atoms with E-state index >= 15 is 0 Å². The highest BCUT2D eigenvalue weighted by molar-refractivity contribution is 6.00. The first kappa shape index (κ1) is 17.9. The minimum Gasteiger partial charge on any atom is -0.378 e. The van der Waals surface area contributed by atoms with Crippen LogP contribution in [0.1, 0.15) is 31.7 Å². The van der Waals surface area contributed by atoms with Gasteiger partial charge < -0.3 is 14.4 Å². The van der Waals surface area contributed by atoms with Crippen LogP contribution in [0.4, 0.5) is 0 Å². The van der Waals surface area contributed by atoms with Gasteiger partial charge in [-0.05, 0) is 37.0 Å². The Morgan fingerprint density at radius 1 is 1.12 bits per heavy atom. The van der Waals surface area contributed by atoms with Crippen LogP contribution in [0, 0.1) is 0 Å². The lowest BCUT2D eigenvalue weighted by molar-refractivity contribution is -0.114. The first-order chi connectivity index (χ1) is 12.3. The molecule has 1 saturated heterocycles. The fourth-order valence-electron chi connectivity index (χ4n) is 3.48. The number of carbonyl (C=O) groups excluding carboxylic acids is 1. The van der Waals surface area contributed by atoms with E-state index in [1.807, 2.05) is 31.2 Å². The number of ketones is 1. The average Bonchev–Trinajstić information content (AvgIpc) is 2.65. The molecular weight excluding hydrogens is 314 g/mol. The lowest BCUT2D eigenvalue weighted by Crippen LogP contribution is -2.37. The van der Waals surface area contributed by atoms with Gasteiger partial charge in [0.2, 0.25) is 0 Å². The molecule has 1 aliphatic heterocycles. The molecule has 0 N–H and O–H groups in total. The van der Waals surface area contributed by atoms with Crippen molar-refractivity contribution in [2.24, 2.45) is 0 Å². The minimum atomic E-state index is 0.203. The molecule has 4 nitrogen and oxygen atoms in total. The molecule has 0 saturated carbocycles. The van der Waals surface area contributed by atoms with Crippen molar-refractivity contribution in [1.82, 2.24) is 4.90 Å². The van der Waals surface area contributed by atoms with Crippen LogP contribution < -0.4 is 0 Å².